The summed E-state index contributed by atoms with van der Waals surface area (Å²) < 4.78 is 8.88. The number of piperazine rings is 4. The van der Waals surface area contributed by atoms with Gasteiger partial charge in [0, 0.05) is 221 Å². The Kier molecular flexibility index (Phi) is 32.3. The summed E-state index contributed by atoms with van der Waals surface area (Å²) in [5.41, 5.74) is 28.1. The second-order valence-corrected chi connectivity index (χ2v) is 43.0. The summed E-state index contributed by atoms with van der Waals surface area (Å²) in [6.07, 6.45) is 9.36. The molecule has 0 radical (unpaired) electrons. The number of nitrogens with one attached hydrogen (secondary N) is 1. The number of hydrogen-bond donors (Lipinski definition) is 1. The van der Waals surface area contributed by atoms with Gasteiger partial charge < -0.3 is 42.5 Å². The molecule has 0 unspecified atom stereocenters. The van der Waals surface area contributed by atoms with Crippen LogP contribution in [0.15, 0.2) is 346 Å². The van der Waals surface area contributed by atoms with Crippen LogP contribution in [0, 0.1) is 5.92 Å². The molecule has 4 aliphatic rings. The third-order valence-corrected chi connectivity index (χ3v) is 29.1. The number of benzene rings is 10. The van der Waals surface area contributed by atoms with Crippen molar-refractivity contribution in [2.24, 2.45) is 5.92 Å². The Labute approximate surface area is 892 Å². The molecule has 10 aromatic carbocycles. The number of urea groups is 1. The molecule has 0 bridgehead atoms. The van der Waals surface area contributed by atoms with Crippen LogP contribution in [-0.4, -0.2) is 211 Å². The fourth-order valence-corrected chi connectivity index (χ4v) is 20.3. The summed E-state index contributed by atoms with van der Waals surface area (Å²) in [5, 5.41) is 5.91. The molecule has 4 aliphatic heterocycles. The highest BCUT2D eigenvalue weighted by Gasteiger charge is 2.32. The molecule has 5 amide bonds. The summed E-state index contributed by atoms with van der Waals surface area (Å²) in [4.78, 5) is 89.0. The van der Waals surface area contributed by atoms with Gasteiger partial charge in [0.25, 0.3) is 11.8 Å². The number of halogens is 4. The number of nitrogens with zero attached hydrogens (tertiary/aromatic N) is 16. The van der Waals surface area contributed by atoms with Gasteiger partial charge >= 0.3 is 6.03 Å². The molecule has 21 nitrogen and oxygen atoms in total. The molecule has 0 atom stereocenters. The maximum atomic E-state index is 13.3. The Morgan fingerprint density at radius 2 is 0.517 bits per heavy atom. The highest BCUT2D eigenvalue weighted by molar-refractivity contribution is 6.31. The van der Waals surface area contributed by atoms with E-state index in [0.29, 0.717) is 71.7 Å². The molecule has 8 aromatic heterocycles. The van der Waals surface area contributed by atoms with Crippen molar-refractivity contribution in [2.45, 2.75) is 98.9 Å². The first-order chi connectivity index (χ1) is 72.2. The topological polar surface area (TPSA) is 175 Å². The molecule has 0 aliphatic carbocycles. The van der Waals surface area contributed by atoms with E-state index >= 15 is 0 Å². The van der Waals surface area contributed by atoms with E-state index in [-0.39, 0.29) is 34.7 Å². The monoisotopic (exact) mass is 2060 g/mol. The van der Waals surface area contributed by atoms with Crippen LogP contribution in [0.3, 0.4) is 0 Å². The van der Waals surface area contributed by atoms with Gasteiger partial charge in [0.1, 0.15) is 22.6 Å². The molecular weight excluding hydrogens is 1930 g/mol. The number of carbonyl (C=O) groups excluding carboxylic acids is 4. The second-order valence-electron chi connectivity index (χ2n) is 41.2. The van der Waals surface area contributed by atoms with Crippen molar-refractivity contribution in [3.05, 3.63) is 406 Å². The molecule has 1 N–H and O–H groups in total. The van der Waals surface area contributed by atoms with E-state index in [1.165, 1.54) is 27.8 Å². The summed E-state index contributed by atoms with van der Waals surface area (Å²) in [6, 6.07) is 108. The average Bonchev–Trinajstić information content (AvgIpc) is 1.63. The lowest BCUT2D eigenvalue weighted by Crippen LogP contribution is -2.54. The zero-order chi connectivity index (χ0) is 103. The lowest BCUT2D eigenvalue weighted by atomic mass is 9.86. The maximum Gasteiger partial charge on any atom is 0.317 e. The van der Waals surface area contributed by atoms with Gasteiger partial charge in [-0.3, -0.25) is 34.0 Å². The molecule has 22 rings (SSSR count). The number of pyridine rings is 4. The van der Waals surface area contributed by atoms with Gasteiger partial charge in [-0.1, -0.05) is 281 Å². The number of fused-ring (bicyclic) bond motifs is 4. The van der Waals surface area contributed by atoms with Crippen molar-refractivity contribution in [1.82, 2.24) is 82.1 Å². The van der Waals surface area contributed by atoms with Gasteiger partial charge in [-0.2, -0.15) is 0 Å². The third kappa shape index (κ3) is 25.3. The number of rotatable bonds is 20. The number of carbonyl (C=O) groups is 4. The predicted octanol–water partition coefficient (Wildman–Crippen LogP) is 25.8. The second kappa shape index (κ2) is 46.6. The van der Waals surface area contributed by atoms with Gasteiger partial charge in [-0.25, -0.2) is 24.7 Å². The molecule has 149 heavy (non-hydrogen) atoms. The minimum Gasteiger partial charge on any atom is -0.340 e. The smallest absolute Gasteiger partial charge is 0.317 e. The average molecular weight is 2060 g/mol. The number of amides is 5. The molecule has 0 spiro atoms. The minimum absolute atomic E-state index is 0.00584. The Balaban J connectivity index is 0.000000125. The Morgan fingerprint density at radius 3 is 0.772 bits per heavy atom. The number of hydrogen-bond acceptors (Lipinski definition) is 12. The van der Waals surface area contributed by atoms with E-state index < -0.39 is 0 Å². The van der Waals surface area contributed by atoms with Gasteiger partial charge in [0.2, 0.25) is 5.91 Å². The summed E-state index contributed by atoms with van der Waals surface area (Å²) in [7, 11) is 0. The van der Waals surface area contributed by atoms with Crippen molar-refractivity contribution in [1.29, 1.82) is 0 Å². The number of aromatic nitrogens is 8. The highest BCUT2D eigenvalue weighted by atomic mass is 35.5. The lowest BCUT2D eigenvalue weighted by Gasteiger charge is -2.36. The fourth-order valence-electron chi connectivity index (χ4n) is 19.8. The summed E-state index contributed by atoms with van der Waals surface area (Å²) in [6.45, 7) is 32.1. The van der Waals surface area contributed by atoms with Crippen LogP contribution < -0.4 is 5.32 Å². The first-order valence-corrected chi connectivity index (χ1v) is 53.0. The van der Waals surface area contributed by atoms with Crippen LogP contribution in [0.4, 0.5) is 4.79 Å². The Hall–Kier alpha value is -14.4. The standard InChI is InChI=1S/C35H35ClN4O.C31H27ClN4O.C29H32ClN5O.C29H31ClN4O/c1-35(2,3)29-14-9-27(10-15-29)34(41)39-21-19-38(20-22-39)24-31-33(26-11-16-30(36)17-12-26)37-32-18-13-28(23-40(31)32)25-7-5-4-6-8-25;32-27-14-11-24(12-15-27)30-28(36-21-26(13-16-29(36)33-30)23-7-3-1-4-8-23)22-34-17-19-35(20-18-34)31(37)25-9-5-2-6-10-25;1-29(2,3)32-28(36)34-17-15-33(16-18-34)20-25-27(22-9-12-24(30)13-10-22)31-26-14-11-23(19-35(25)26)21-7-5-4-6-8-21;1-21(2)18-28(35)33-16-14-32(15-17-33)20-26-29(23-8-11-25(30)12-9-23)31-27-13-10-24(19-34(26)27)22-6-4-3-5-7-22/h4-18,23H,19-22,24H2,1-3H3;1-16,21H,17-20,22H2;4-14,19H,15-18,20H2,1-3H3,(H,32,36);3-13,19,21H,14-18,20H2,1-2H3. The van der Waals surface area contributed by atoms with Gasteiger partial charge in [0.05, 0.1) is 45.6 Å². The van der Waals surface area contributed by atoms with Gasteiger partial charge in [-0.05, 0) is 204 Å². The van der Waals surface area contributed by atoms with Crippen molar-refractivity contribution in [3.8, 4) is 89.5 Å². The molecule has 4 saturated heterocycles. The van der Waals surface area contributed by atoms with Gasteiger partial charge in [0.15, 0.2) is 0 Å². The Bertz CT molecular complexity index is 7660. The molecule has 18 aromatic rings. The van der Waals surface area contributed by atoms with Crippen LogP contribution in [0.5, 0.6) is 0 Å². The maximum absolute atomic E-state index is 13.3. The van der Waals surface area contributed by atoms with E-state index in [1.54, 1.807) is 0 Å². The molecule has 758 valence electrons. The van der Waals surface area contributed by atoms with Crippen LogP contribution in [0.1, 0.15) is 111 Å². The van der Waals surface area contributed by atoms with E-state index in [1.807, 2.05) is 204 Å². The Morgan fingerprint density at radius 1 is 0.275 bits per heavy atom. The first kappa shape index (κ1) is 103. The summed E-state index contributed by atoms with van der Waals surface area (Å²) in [5.74, 6) is 0.863. The van der Waals surface area contributed by atoms with Crippen molar-refractivity contribution >= 4 is 92.7 Å². The molecule has 0 saturated carbocycles. The molecular formula is C124H125Cl4N17O4. The quantitative estimate of drug-likeness (QED) is 0.0765. The normalized spacial score (nSPS) is 14.6. The first-order valence-electron chi connectivity index (χ1n) is 51.4. The van der Waals surface area contributed by atoms with Crippen LogP contribution in [-0.2, 0) is 36.4 Å². The van der Waals surface area contributed by atoms with E-state index in [4.69, 9.17) is 66.3 Å². The largest absolute Gasteiger partial charge is 0.340 e. The minimum atomic E-state index is -0.241. The van der Waals surface area contributed by atoms with Crippen LogP contribution in [0.2, 0.25) is 20.1 Å². The lowest BCUT2D eigenvalue weighted by molar-refractivity contribution is -0.133. The zero-order valence-electron chi connectivity index (χ0n) is 85.6. The van der Waals surface area contributed by atoms with Crippen molar-refractivity contribution in [3.63, 3.8) is 0 Å². The molecule has 12 heterocycles. The number of imidazole rings is 4. The molecule has 25 heteroatoms. The van der Waals surface area contributed by atoms with Crippen LogP contribution >= 0.6 is 46.4 Å². The third-order valence-electron chi connectivity index (χ3n) is 28.0. The molecule has 4 fully saturated rings. The highest BCUT2D eigenvalue weighted by Crippen LogP contribution is 2.38. The van der Waals surface area contributed by atoms with Gasteiger partial charge in [-0.15, -0.1) is 0 Å². The summed E-state index contributed by atoms with van der Waals surface area (Å²) >= 11 is 24.7. The zero-order valence-corrected chi connectivity index (χ0v) is 88.7. The van der Waals surface area contributed by atoms with Crippen molar-refractivity contribution < 1.29 is 19.2 Å². The van der Waals surface area contributed by atoms with Crippen molar-refractivity contribution in [2.75, 3.05) is 105 Å². The van der Waals surface area contributed by atoms with E-state index in [0.717, 1.165) is 215 Å². The SMILES string of the molecule is CC(C)(C)NC(=O)N1CCN(Cc2c(-c3ccc(Cl)cc3)nc3ccc(-c4ccccc4)cn23)CC1.CC(C)(C)c1ccc(C(=O)N2CCN(Cc3c(-c4ccc(Cl)cc4)nc4ccc(-c5ccccc5)cn34)CC2)cc1.CC(C)CC(=O)N1CCN(Cc2c(-c3ccc(Cl)cc3)nc3ccc(-c4ccccc4)cn23)CC1.O=C(c1ccccc1)N1CCN(Cc2c(-c3ccc(Cl)cc3)nc3ccc(-c4ccccc4)cn23)CC1. The fraction of sp³-hybridized carbons (Fsp3) is 0.258. The van der Waals surface area contributed by atoms with Crippen LogP contribution in [0.25, 0.3) is 112 Å². The van der Waals surface area contributed by atoms with E-state index in [9.17, 15) is 19.2 Å². The predicted molar refractivity (Wildman–Crippen MR) is 605 cm³/mol. The van der Waals surface area contributed by atoms with E-state index in [2.05, 4.69) is 260 Å².